The summed E-state index contributed by atoms with van der Waals surface area (Å²) in [4.78, 5) is 21.5. The number of benzene rings is 1. The van der Waals surface area contributed by atoms with E-state index in [0.717, 1.165) is 38.1 Å². The fourth-order valence-electron chi connectivity index (χ4n) is 4.93. The minimum atomic E-state index is -0.0850. The van der Waals surface area contributed by atoms with Crippen molar-refractivity contribution >= 4 is 5.91 Å². The molecule has 30 heavy (non-hydrogen) atoms. The summed E-state index contributed by atoms with van der Waals surface area (Å²) in [5, 5.41) is 4.06. The first-order valence-corrected chi connectivity index (χ1v) is 11.2. The Morgan fingerprint density at radius 3 is 2.73 bits per heavy atom. The Bertz CT molecular complexity index is 882. The summed E-state index contributed by atoms with van der Waals surface area (Å²) >= 11 is 0. The first-order chi connectivity index (χ1) is 14.6. The second kappa shape index (κ2) is 8.12. The third kappa shape index (κ3) is 4.01. The second-order valence-electron chi connectivity index (χ2n) is 9.08. The van der Waals surface area contributed by atoms with Crippen LogP contribution in [0, 0.1) is 6.92 Å². The highest BCUT2D eigenvalue weighted by atomic mass is 16.5. The molecule has 7 heteroatoms. The maximum absolute atomic E-state index is 12.5. The van der Waals surface area contributed by atoms with Crippen LogP contribution in [0.2, 0.25) is 0 Å². The molecule has 1 amide bonds. The van der Waals surface area contributed by atoms with Crippen molar-refractivity contribution in [2.24, 2.45) is 0 Å². The number of rotatable bonds is 6. The molecule has 1 aromatic heterocycles. The topological polar surface area (TPSA) is 71.7 Å². The van der Waals surface area contributed by atoms with Crippen molar-refractivity contribution < 1.29 is 14.1 Å². The lowest BCUT2D eigenvalue weighted by Crippen LogP contribution is -2.63. The Morgan fingerprint density at radius 1 is 1.20 bits per heavy atom. The minimum absolute atomic E-state index is 0.0850. The van der Waals surface area contributed by atoms with Gasteiger partial charge in [0.2, 0.25) is 17.6 Å². The highest BCUT2D eigenvalue weighted by Crippen LogP contribution is 2.38. The minimum Gasteiger partial charge on any atom is -0.370 e. The van der Waals surface area contributed by atoms with Gasteiger partial charge >= 0.3 is 0 Å². The normalized spacial score (nSPS) is 23.2. The number of ether oxygens (including phenoxy) is 1. The van der Waals surface area contributed by atoms with E-state index in [4.69, 9.17) is 9.26 Å². The van der Waals surface area contributed by atoms with E-state index >= 15 is 0 Å². The fourth-order valence-corrected chi connectivity index (χ4v) is 4.93. The zero-order valence-corrected chi connectivity index (χ0v) is 17.7. The summed E-state index contributed by atoms with van der Waals surface area (Å²) in [6, 6.07) is 8.60. The zero-order chi connectivity index (χ0) is 20.6. The Kier molecular flexibility index (Phi) is 5.33. The van der Waals surface area contributed by atoms with Crippen LogP contribution in [0.1, 0.15) is 43.6 Å². The molecule has 7 nitrogen and oxygen atoms in total. The molecule has 0 aliphatic carbocycles. The SMILES string of the molecule is Cc1ccc(-c2noc(CCCC(=O)N3CC4(CC(N5CCCC5)CO4)C3)n2)cc1. The third-order valence-corrected chi connectivity index (χ3v) is 6.72. The molecule has 0 radical (unpaired) electrons. The lowest BCUT2D eigenvalue weighted by Gasteiger charge is -2.47. The third-order valence-electron chi connectivity index (χ3n) is 6.72. The Labute approximate surface area is 177 Å². The van der Waals surface area contributed by atoms with E-state index in [-0.39, 0.29) is 11.5 Å². The number of amides is 1. The van der Waals surface area contributed by atoms with Crippen molar-refractivity contribution in [3.8, 4) is 11.4 Å². The molecule has 3 fully saturated rings. The van der Waals surface area contributed by atoms with E-state index in [1.165, 1.54) is 31.5 Å². The number of hydrogen-bond donors (Lipinski definition) is 0. The standard InChI is InChI=1S/C23H30N4O3/c1-17-7-9-18(10-8-17)22-24-20(30-25-22)5-4-6-21(28)27-15-23(16-27)13-19(14-29-23)26-11-2-3-12-26/h7-10,19H,2-6,11-16H2,1H3. The molecule has 3 aliphatic rings. The molecule has 3 saturated heterocycles. The van der Waals surface area contributed by atoms with Crippen molar-refractivity contribution in [1.29, 1.82) is 0 Å². The summed E-state index contributed by atoms with van der Waals surface area (Å²) < 4.78 is 11.5. The summed E-state index contributed by atoms with van der Waals surface area (Å²) in [5.41, 5.74) is 2.06. The van der Waals surface area contributed by atoms with Gasteiger partial charge in [-0.15, -0.1) is 0 Å². The molecule has 160 valence electrons. The monoisotopic (exact) mass is 410 g/mol. The highest BCUT2D eigenvalue weighted by Gasteiger charge is 2.52. The number of carbonyl (C=O) groups is 1. The van der Waals surface area contributed by atoms with Crippen LogP contribution in [0.4, 0.5) is 0 Å². The van der Waals surface area contributed by atoms with Gasteiger partial charge < -0.3 is 14.2 Å². The largest absolute Gasteiger partial charge is 0.370 e. The number of hydrogen-bond acceptors (Lipinski definition) is 6. The van der Waals surface area contributed by atoms with Gasteiger partial charge in [-0.25, -0.2) is 0 Å². The molecule has 1 atom stereocenters. The molecule has 0 N–H and O–H groups in total. The lowest BCUT2D eigenvalue weighted by atomic mass is 9.88. The van der Waals surface area contributed by atoms with E-state index in [9.17, 15) is 4.79 Å². The van der Waals surface area contributed by atoms with Crippen molar-refractivity contribution in [2.45, 2.75) is 57.1 Å². The number of aryl methyl sites for hydroxylation is 2. The van der Waals surface area contributed by atoms with Gasteiger partial charge in [-0.2, -0.15) is 4.98 Å². The van der Waals surface area contributed by atoms with Crippen LogP contribution < -0.4 is 0 Å². The zero-order valence-electron chi connectivity index (χ0n) is 17.7. The molecule has 1 aromatic carbocycles. The number of aromatic nitrogens is 2. The molecular weight excluding hydrogens is 380 g/mol. The van der Waals surface area contributed by atoms with Gasteiger partial charge in [-0.1, -0.05) is 35.0 Å². The number of carbonyl (C=O) groups excluding carboxylic acids is 1. The molecule has 0 bridgehead atoms. The Balaban J connectivity index is 1.05. The number of likely N-dealkylation sites (tertiary alicyclic amines) is 2. The molecule has 0 saturated carbocycles. The molecular formula is C23H30N4O3. The lowest BCUT2D eigenvalue weighted by molar-refractivity contribution is -0.157. The maximum Gasteiger partial charge on any atom is 0.226 e. The highest BCUT2D eigenvalue weighted by molar-refractivity contribution is 5.77. The predicted octanol–water partition coefficient (Wildman–Crippen LogP) is 2.83. The summed E-state index contributed by atoms with van der Waals surface area (Å²) in [5.74, 6) is 1.39. The van der Waals surface area contributed by atoms with Gasteiger partial charge in [0.15, 0.2) is 0 Å². The van der Waals surface area contributed by atoms with Crippen LogP contribution in [0.15, 0.2) is 28.8 Å². The summed E-state index contributed by atoms with van der Waals surface area (Å²) in [6.45, 7) is 6.76. The molecule has 1 spiro atoms. The van der Waals surface area contributed by atoms with Crippen molar-refractivity contribution in [1.82, 2.24) is 19.9 Å². The van der Waals surface area contributed by atoms with Gasteiger partial charge in [0.1, 0.15) is 5.60 Å². The molecule has 1 unspecified atom stereocenters. The molecule has 2 aromatic rings. The Morgan fingerprint density at radius 2 is 1.97 bits per heavy atom. The van der Waals surface area contributed by atoms with Crippen LogP contribution in [-0.2, 0) is 16.0 Å². The average Bonchev–Trinajstić information content (AvgIpc) is 3.47. The van der Waals surface area contributed by atoms with Crippen LogP contribution in [0.3, 0.4) is 0 Å². The molecule has 5 rings (SSSR count). The van der Waals surface area contributed by atoms with Crippen molar-refractivity contribution in [3.05, 3.63) is 35.7 Å². The van der Waals surface area contributed by atoms with Crippen LogP contribution in [0.5, 0.6) is 0 Å². The van der Waals surface area contributed by atoms with Crippen LogP contribution in [0.25, 0.3) is 11.4 Å². The van der Waals surface area contributed by atoms with Gasteiger partial charge in [-0.05, 0) is 45.7 Å². The summed E-state index contributed by atoms with van der Waals surface area (Å²) in [6.07, 6.45) is 5.53. The predicted molar refractivity (Wildman–Crippen MR) is 112 cm³/mol. The van der Waals surface area contributed by atoms with E-state index in [1.807, 2.05) is 36.1 Å². The first-order valence-electron chi connectivity index (χ1n) is 11.2. The van der Waals surface area contributed by atoms with E-state index < -0.39 is 0 Å². The maximum atomic E-state index is 12.5. The van der Waals surface area contributed by atoms with Gasteiger partial charge in [-0.3, -0.25) is 9.69 Å². The number of nitrogens with zero attached hydrogens (tertiary/aromatic N) is 4. The van der Waals surface area contributed by atoms with Crippen molar-refractivity contribution in [2.75, 3.05) is 32.8 Å². The fraction of sp³-hybridized carbons (Fsp3) is 0.609. The van der Waals surface area contributed by atoms with E-state index in [2.05, 4.69) is 15.0 Å². The van der Waals surface area contributed by atoms with Gasteiger partial charge in [0.25, 0.3) is 0 Å². The van der Waals surface area contributed by atoms with Crippen LogP contribution >= 0.6 is 0 Å². The molecule has 4 heterocycles. The first kappa shape index (κ1) is 19.7. The second-order valence-corrected chi connectivity index (χ2v) is 9.08. The van der Waals surface area contributed by atoms with Crippen molar-refractivity contribution in [3.63, 3.8) is 0 Å². The van der Waals surface area contributed by atoms with E-state index in [0.29, 0.717) is 30.6 Å². The smallest absolute Gasteiger partial charge is 0.226 e. The summed E-state index contributed by atoms with van der Waals surface area (Å²) in [7, 11) is 0. The van der Waals surface area contributed by atoms with E-state index in [1.54, 1.807) is 0 Å². The van der Waals surface area contributed by atoms with Crippen LogP contribution in [-0.4, -0.2) is 70.3 Å². The average molecular weight is 411 g/mol. The van der Waals surface area contributed by atoms with Gasteiger partial charge in [0, 0.05) is 24.4 Å². The van der Waals surface area contributed by atoms with Gasteiger partial charge in [0.05, 0.1) is 19.7 Å². The molecule has 3 aliphatic heterocycles. The quantitative estimate of drug-likeness (QED) is 0.729. The Hall–Kier alpha value is -2.25.